The zero-order valence-electron chi connectivity index (χ0n) is 15.6. The van der Waals surface area contributed by atoms with Crippen molar-refractivity contribution in [2.75, 3.05) is 32.9 Å². The van der Waals surface area contributed by atoms with E-state index in [0.29, 0.717) is 26.1 Å². The van der Waals surface area contributed by atoms with Crippen LogP contribution in [0.5, 0.6) is 0 Å². The highest BCUT2D eigenvalue weighted by Crippen LogP contribution is 2.27. The molecule has 0 aliphatic carbocycles. The van der Waals surface area contributed by atoms with Gasteiger partial charge in [-0.3, -0.25) is 4.79 Å². The van der Waals surface area contributed by atoms with E-state index < -0.39 is 24.4 Å². The summed E-state index contributed by atoms with van der Waals surface area (Å²) < 4.78 is 10.9. The predicted octanol–water partition coefficient (Wildman–Crippen LogP) is -0.115. The molecule has 0 aromatic heterocycles. The van der Waals surface area contributed by atoms with Crippen LogP contribution in [0.25, 0.3) is 0 Å². The van der Waals surface area contributed by atoms with E-state index >= 15 is 0 Å². The molecule has 1 heterocycles. The second-order valence-electron chi connectivity index (χ2n) is 6.80. The fourth-order valence-electron chi connectivity index (χ4n) is 3.02. The molecule has 6 N–H and O–H groups in total. The Morgan fingerprint density at radius 3 is 2.42 bits per heavy atom. The molecule has 26 heavy (non-hydrogen) atoms. The van der Waals surface area contributed by atoms with Crippen LogP contribution in [0.3, 0.4) is 0 Å². The summed E-state index contributed by atoms with van der Waals surface area (Å²) in [7, 11) is 0. The van der Waals surface area contributed by atoms with Gasteiger partial charge in [0, 0.05) is 25.5 Å². The molecule has 0 bridgehead atoms. The number of hydrogen-bond acceptors (Lipinski definition) is 7. The Morgan fingerprint density at radius 1 is 1.04 bits per heavy atom. The average Bonchev–Trinajstić information content (AvgIpc) is 2.95. The number of nitrogens with two attached hydrogens (primary N) is 1. The maximum Gasteiger partial charge on any atom is 0.219 e. The zero-order valence-corrected chi connectivity index (χ0v) is 15.6. The Morgan fingerprint density at radius 2 is 1.77 bits per heavy atom. The van der Waals surface area contributed by atoms with E-state index in [4.69, 9.17) is 20.3 Å². The fraction of sp³-hybridized carbons (Fsp3) is 0.944. The van der Waals surface area contributed by atoms with Crippen LogP contribution < -0.4 is 11.1 Å². The van der Waals surface area contributed by atoms with Crippen LogP contribution in [0.4, 0.5) is 0 Å². The molecule has 1 amide bonds. The van der Waals surface area contributed by atoms with Crippen LogP contribution in [-0.2, 0) is 14.3 Å². The summed E-state index contributed by atoms with van der Waals surface area (Å²) >= 11 is 0. The molecule has 1 rings (SSSR count). The van der Waals surface area contributed by atoms with E-state index in [9.17, 15) is 15.0 Å². The minimum absolute atomic E-state index is 0.106. The third-order valence-corrected chi connectivity index (χ3v) is 4.68. The van der Waals surface area contributed by atoms with Gasteiger partial charge in [-0.15, -0.1) is 0 Å². The molecule has 1 aliphatic rings. The van der Waals surface area contributed by atoms with Crippen LogP contribution in [-0.4, -0.2) is 72.6 Å². The van der Waals surface area contributed by atoms with Crippen LogP contribution in [0.15, 0.2) is 0 Å². The lowest BCUT2D eigenvalue weighted by molar-refractivity contribution is -0.169. The molecule has 154 valence electrons. The fourth-order valence-corrected chi connectivity index (χ4v) is 3.02. The van der Waals surface area contributed by atoms with Crippen molar-refractivity contribution in [1.29, 1.82) is 0 Å². The Hall–Kier alpha value is -0.770. The summed E-state index contributed by atoms with van der Waals surface area (Å²) in [5, 5.41) is 31.3. The number of unbranched alkanes of at least 4 members (excludes halogenated alkanes) is 5. The lowest BCUT2D eigenvalue weighted by Gasteiger charge is -2.16. The molecule has 8 nitrogen and oxygen atoms in total. The number of aliphatic hydroxyl groups excluding tert-OH is 3. The predicted molar refractivity (Wildman–Crippen MR) is 97.3 cm³/mol. The van der Waals surface area contributed by atoms with E-state index in [-0.39, 0.29) is 19.1 Å². The number of amides is 1. The van der Waals surface area contributed by atoms with E-state index in [1.54, 1.807) is 0 Å². The summed E-state index contributed by atoms with van der Waals surface area (Å²) in [6.07, 6.45) is 4.85. The van der Waals surface area contributed by atoms with Crippen LogP contribution in [0.2, 0.25) is 0 Å². The summed E-state index contributed by atoms with van der Waals surface area (Å²) in [6.45, 7) is 1.33. The lowest BCUT2D eigenvalue weighted by Crippen LogP contribution is -2.32. The molecular formula is C18H36N2O6. The monoisotopic (exact) mass is 376 g/mol. The maximum atomic E-state index is 11.6. The van der Waals surface area contributed by atoms with E-state index in [2.05, 4.69) is 5.32 Å². The third kappa shape index (κ3) is 8.75. The van der Waals surface area contributed by atoms with Gasteiger partial charge < -0.3 is 35.8 Å². The summed E-state index contributed by atoms with van der Waals surface area (Å²) in [5.74, 6) is -0.404. The Kier molecular flexibility index (Phi) is 12.8. The summed E-state index contributed by atoms with van der Waals surface area (Å²) in [6, 6.07) is 0. The lowest BCUT2D eigenvalue weighted by atomic mass is 10.0. The second kappa shape index (κ2) is 14.3. The molecule has 0 saturated carbocycles. The van der Waals surface area contributed by atoms with Gasteiger partial charge in [0.15, 0.2) is 6.29 Å². The minimum Gasteiger partial charge on any atom is -0.396 e. The van der Waals surface area contributed by atoms with Crippen molar-refractivity contribution < 1.29 is 29.6 Å². The van der Waals surface area contributed by atoms with E-state index in [1.807, 2.05) is 0 Å². The first kappa shape index (κ1) is 23.3. The minimum atomic E-state index is -0.919. The van der Waals surface area contributed by atoms with Gasteiger partial charge in [-0.1, -0.05) is 19.3 Å². The van der Waals surface area contributed by atoms with Crippen molar-refractivity contribution in [3.8, 4) is 0 Å². The third-order valence-electron chi connectivity index (χ3n) is 4.68. The Labute approximate surface area is 156 Å². The molecule has 0 radical (unpaired) electrons. The Balaban J connectivity index is 1.96. The average molecular weight is 376 g/mol. The summed E-state index contributed by atoms with van der Waals surface area (Å²) in [4.78, 5) is 11.6. The van der Waals surface area contributed by atoms with Gasteiger partial charge >= 0.3 is 0 Å². The number of aliphatic hydroxyl groups is 3. The highest BCUT2D eigenvalue weighted by molar-refractivity contribution is 5.75. The van der Waals surface area contributed by atoms with E-state index in [1.165, 1.54) is 0 Å². The first-order chi connectivity index (χ1) is 12.6. The summed E-state index contributed by atoms with van der Waals surface area (Å²) in [5.41, 5.74) is 5.41. The van der Waals surface area contributed by atoms with Gasteiger partial charge in [0.2, 0.25) is 5.91 Å². The number of hydrogen-bond donors (Lipinski definition) is 5. The molecule has 1 aliphatic heterocycles. The van der Waals surface area contributed by atoms with Crippen molar-refractivity contribution in [2.45, 2.75) is 69.9 Å². The van der Waals surface area contributed by atoms with E-state index in [0.717, 1.165) is 44.9 Å². The normalized spacial score (nSPS) is 25.5. The standard InChI is InChI=1S/C18H36N2O6/c19-9-5-3-4-8-16(23)20-10-6-1-2-7-11-25-18-17(24)14(12-21)15(13-22)26-18/h14-15,17-18,21-22,24H,1-13,19H2,(H,20,23)/t14?,15-,17?,18+/m1/s1. The molecule has 1 fully saturated rings. The van der Waals surface area contributed by atoms with Crippen molar-refractivity contribution in [3.63, 3.8) is 0 Å². The Bertz CT molecular complexity index is 372. The van der Waals surface area contributed by atoms with Crippen molar-refractivity contribution in [3.05, 3.63) is 0 Å². The second-order valence-corrected chi connectivity index (χ2v) is 6.80. The molecule has 0 aromatic rings. The van der Waals surface area contributed by atoms with Crippen molar-refractivity contribution in [2.24, 2.45) is 11.7 Å². The quantitative estimate of drug-likeness (QED) is 0.252. The van der Waals surface area contributed by atoms with Gasteiger partial charge in [-0.2, -0.15) is 0 Å². The number of carbonyl (C=O) groups is 1. The number of carbonyl (C=O) groups excluding carboxylic acids is 1. The van der Waals surface area contributed by atoms with Gasteiger partial charge in [0.1, 0.15) is 6.10 Å². The SMILES string of the molecule is NCCCCCC(=O)NCCCCCCO[C@H]1O[C@H](CO)C(CO)C1O. The van der Waals surface area contributed by atoms with Gasteiger partial charge in [-0.05, 0) is 32.2 Å². The largest absolute Gasteiger partial charge is 0.396 e. The highest BCUT2D eigenvalue weighted by Gasteiger charge is 2.43. The molecule has 0 aromatic carbocycles. The first-order valence-electron chi connectivity index (χ1n) is 9.77. The molecule has 2 unspecified atom stereocenters. The van der Waals surface area contributed by atoms with Crippen LogP contribution >= 0.6 is 0 Å². The zero-order chi connectivity index (χ0) is 19.2. The topological polar surface area (TPSA) is 134 Å². The van der Waals surface area contributed by atoms with Gasteiger partial charge in [0.05, 0.1) is 19.3 Å². The van der Waals surface area contributed by atoms with Crippen LogP contribution in [0.1, 0.15) is 51.4 Å². The molecule has 8 heteroatoms. The molecular weight excluding hydrogens is 340 g/mol. The highest BCUT2D eigenvalue weighted by atomic mass is 16.7. The molecule has 0 spiro atoms. The van der Waals surface area contributed by atoms with Crippen molar-refractivity contribution in [1.82, 2.24) is 5.32 Å². The van der Waals surface area contributed by atoms with Crippen molar-refractivity contribution >= 4 is 5.91 Å². The molecule has 4 atom stereocenters. The first-order valence-corrected chi connectivity index (χ1v) is 9.77. The van der Waals surface area contributed by atoms with Gasteiger partial charge in [0.25, 0.3) is 0 Å². The van der Waals surface area contributed by atoms with Gasteiger partial charge in [-0.25, -0.2) is 0 Å². The van der Waals surface area contributed by atoms with Crippen LogP contribution in [0, 0.1) is 5.92 Å². The number of rotatable bonds is 15. The number of ether oxygens (including phenoxy) is 2. The smallest absolute Gasteiger partial charge is 0.219 e. The molecule has 1 saturated heterocycles. The number of nitrogens with one attached hydrogen (secondary N) is 1. The maximum absolute atomic E-state index is 11.6.